The van der Waals surface area contributed by atoms with E-state index in [1.165, 1.54) is 11.1 Å². The van der Waals surface area contributed by atoms with E-state index < -0.39 is 0 Å². The monoisotopic (exact) mass is 306 g/mol. The average molecular weight is 306 g/mol. The zero-order valence-electron chi connectivity index (χ0n) is 13.1. The van der Waals surface area contributed by atoms with E-state index in [-0.39, 0.29) is 5.91 Å². The van der Waals surface area contributed by atoms with E-state index in [4.69, 9.17) is 4.74 Å². The number of fused-ring (bicyclic) bond motifs is 1. The summed E-state index contributed by atoms with van der Waals surface area (Å²) in [6.45, 7) is 1.32. The minimum absolute atomic E-state index is 0.0677. The number of carbonyl (C=O) groups excluding carboxylic acids is 1. The zero-order valence-corrected chi connectivity index (χ0v) is 13.1. The van der Waals surface area contributed by atoms with E-state index in [2.05, 4.69) is 12.1 Å². The van der Waals surface area contributed by atoms with Gasteiger partial charge in [-0.05, 0) is 48.2 Å². The molecule has 0 aromatic heterocycles. The lowest BCUT2D eigenvalue weighted by atomic mass is 10.0. The van der Waals surface area contributed by atoms with Gasteiger partial charge in [0.05, 0.1) is 24.3 Å². The number of ether oxygens (including phenoxy) is 1. The lowest BCUT2D eigenvalue weighted by Gasteiger charge is -2.20. The van der Waals surface area contributed by atoms with Gasteiger partial charge in [-0.1, -0.05) is 18.2 Å². The highest BCUT2D eigenvalue weighted by Gasteiger charge is 2.21. The van der Waals surface area contributed by atoms with Gasteiger partial charge >= 0.3 is 0 Å². The van der Waals surface area contributed by atoms with Gasteiger partial charge in [0, 0.05) is 13.1 Å². The lowest BCUT2D eigenvalue weighted by molar-refractivity contribution is 0.0763. The van der Waals surface area contributed by atoms with Crippen LogP contribution in [0.15, 0.2) is 42.5 Å². The first kappa shape index (κ1) is 15.1. The third-order valence-corrected chi connectivity index (χ3v) is 4.28. The number of methoxy groups -OCH3 is 1. The highest BCUT2D eigenvalue weighted by atomic mass is 16.5. The van der Waals surface area contributed by atoms with Gasteiger partial charge in [-0.15, -0.1) is 0 Å². The second-order valence-corrected chi connectivity index (χ2v) is 5.58. The summed E-state index contributed by atoms with van der Waals surface area (Å²) >= 11 is 0. The summed E-state index contributed by atoms with van der Waals surface area (Å²) < 4.78 is 5.28. The number of hydrogen-bond donors (Lipinski definition) is 0. The molecule has 1 heterocycles. The standard InChI is InChI=1S/C19H18N2O2/c1-23-17-7-6-14-8-10-21(11-9-15(14)12-17)19(22)18-5-3-2-4-16(18)13-20/h2-7,12H,8-11H2,1H3. The van der Waals surface area contributed by atoms with Crippen LogP contribution in [0.2, 0.25) is 0 Å². The minimum Gasteiger partial charge on any atom is -0.497 e. The van der Waals surface area contributed by atoms with Crippen molar-refractivity contribution in [3.05, 3.63) is 64.7 Å². The molecular formula is C19H18N2O2. The summed E-state index contributed by atoms with van der Waals surface area (Å²) in [7, 11) is 1.66. The topological polar surface area (TPSA) is 53.3 Å². The smallest absolute Gasteiger partial charge is 0.255 e. The van der Waals surface area contributed by atoms with Gasteiger partial charge in [-0.25, -0.2) is 0 Å². The molecule has 3 rings (SSSR count). The predicted octanol–water partition coefficient (Wildman–Crippen LogP) is 2.81. The molecule has 1 aliphatic heterocycles. The highest BCUT2D eigenvalue weighted by Crippen LogP contribution is 2.22. The maximum absolute atomic E-state index is 12.8. The number of benzene rings is 2. The minimum atomic E-state index is -0.0677. The molecule has 0 aliphatic carbocycles. The molecule has 0 N–H and O–H groups in total. The van der Waals surface area contributed by atoms with Crippen LogP contribution in [0.3, 0.4) is 0 Å². The SMILES string of the molecule is COc1ccc2c(c1)CCN(C(=O)c1ccccc1C#N)CC2. The van der Waals surface area contributed by atoms with Gasteiger partial charge in [0.15, 0.2) is 0 Å². The first-order valence-corrected chi connectivity index (χ1v) is 7.67. The molecule has 4 nitrogen and oxygen atoms in total. The van der Waals surface area contributed by atoms with Gasteiger partial charge in [-0.2, -0.15) is 5.26 Å². The molecule has 0 radical (unpaired) electrons. The fourth-order valence-electron chi connectivity index (χ4n) is 2.97. The summed E-state index contributed by atoms with van der Waals surface area (Å²) in [6.07, 6.45) is 1.62. The van der Waals surface area contributed by atoms with Gasteiger partial charge < -0.3 is 9.64 Å². The van der Waals surface area contributed by atoms with Crippen molar-refractivity contribution >= 4 is 5.91 Å². The highest BCUT2D eigenvalue weighted by molar-refractivity contribution is 5.96. The van der Waals surface area contributed by atoms with Gasteiger partial charge in [-0.3, -0.25) is 4.79 Å². The number of rotatable bonds is 2. The van der Waals surface area contributed by atoms with Crippen LogP contribution in [0.5, 0.6) is 5.75 Å². The predicted molar refractivity (Wildman–Crippen MR) is 87.5 cm³/mol. The fourth-order valence-corrected chi connectivity index (χ4v) is 2.97. The number of nitrogens with zero attached hydrogens (tertiary/aromatic N) is 2. The van der Waals surface area contributed by atoms with Crippen LogP contribution in [0.1, 0.15) is 27.0 Å². The average Bonchev–Trinajstić information content (AvgIpc) is 2.83. The van der Waals surface area contributed by atoms with Crippen LogP contribution in [-0.2, 0) is 12.8 Å². The molecule has 0 fully saturated rings. The molecule has 2 aromatic carbocycles. The Bertz CT molecular complexity index is 777. The second-order valence-electron chi connectivity index (χ2n) is 5.58. The van der Waals surface area contributed by atoms with Crippen molar-refractivity contribution < 1.29 is 9.53 Å². The van der Waals surface area contributed by atoms with Crippen LogP contribution in [0.4, 0.5) is 0 Å². The Hall–Kier alpha value is -2.80. The Morgan fingerprint density at radius 3 is 2.61 bits per heavy atom. The van der Waals surface area contributed by atoms with Crippen LogP contribution in [-0.4, -0.2) is 31.0 Å². The molecule has 0 saturated heterocycles. The number of nitriles is 1. The molecule has 1 aliphatic rings. The van der Waals surface area contributed by atoms with Crippen LogP contribution in [0, 0.1) is 11.3 Å². The van der Waals surface area contributed by atoms with E-state index in [1.54, 1.807) is 31.4 Å². The molecule has 1 amide bonds. The van der Waals surface area contributed by atoms with Crippen LogP contribution >= 0.6 is 0 Å². The van der Waals surface area contributed by atoms with Crippen molar-refractivity contribution in [2.24, 2.45) is 0 Å². The van der Waals surface area contributed by atoms with Gasteiger partial charge in [0.25, 0.3) is 5.91 Å². The van der Waals surface area contributed by atoms with Crippen molar-refractivity contribution in [2.75, 3.05) is 20.2 Å². The molecule has 4 heteroatoms. The van der Waals surface area contributed by atoms with E-state index in [0.717, 1.165) is 18.6 Å². The maximum Gasteiger partial charge on any atom is 0.255 e. The van der Waals surface area contributed by atoms with Crippen molar-refractivity contribution in [3.8, 4) is 11.8 Å². The molecule has 116 valence electrons. The lowest BCUT2D eigenvalue weighted by Crippen LogP contribution is -2.33. The summed E-state index contributed by atoms with van der Waals surface area (Å²) in [4.78, 5) is 14.6. The summed E-state index contributed by atoms with van der Waals surface area (Å²) in [5, 5.41) is 9.19. The molecule has 0 unspecified atom stereocenters. The number of amides is 1. The first-order valence-electron chi connectivity index (χ1n) is 7.67. The van der Waals surface area contributed by atoms with Crippen molar-refractivity contribution in [2.45, 2.75) is 12.8 Å². The fraction of sp³-hybridized carbons (Fsp3) is 0.263. The van der Waals surface area contributed by atoms with Gasteiger partial charge in [0.1, 0.15) is 5.75 Å². The van der Waals surface area contributed by atoms with E-state index >= 15 is 0 Å². The molecule has 0 saturated carbocycles. The third-order valence-electron chi connectivity index (χ3n) is 4.28. The zero-order chi connectivity index (χ0) is 16.2. The van der Waals surface area contributed by atoms with Gasteiger partial charge in [0.2, 0.25) is 0 Å². The summed E-state index contributed by atoms with van der Waals surface area (Å²) in [5.74, 6) is 0.778. The Balaban J connectivity index is 1.82. The Morgan fingerprint density at radius 2 is 1.87 bits per heavy atom. The van der Waals surface area contributed by atoms with Crippen LogP contribution in [0.25, 0.3) is 0 Å². The third kappa shape index (κ3) is 3.04. The largest absolute Gasteiger partial charge is 0.497 e. The Morgan fingerprint density at radius 1 is 1.13 bits per heavy atom. The molecule has 0 spiro atoms. The Labute approximate surface area is 135 Å². The van der Waals surface area contributed by atoms with Crippen LogP contribution < -0.4 is 4.74 Å². The quantitative estimate of drug-likeness (QED) is 0.857. The second kappa shape index (κ2) is 6.53. The summed E-state index contributed by atoms with van der Waals surface area (Å²) in [6, 6.07) is 15.2. The maximum atomic E-state index is 12.8. The molecular weight excluding hydrogens is 288 g/mol. The van der Waals surface area contributed by atoms with Crippen molar-refractivity contribution in [1.82, 2.24) is 4.90 Å². The number of carbonyl (C=O) groups is 1. The molecule has 23 heavy (non-hydrogen) atoms. The normalized spacial score (nSPS) is 13.7. The molecule has 0 atom stereocenters. The first-order chi connectivity index (χ1) is 11.2. The molecule has 0 bridgehead atoms. The van der Waals surface area contributed by atoms with Crippen molar-refractivity contribution in [3.63, 3.8) is 0 Å². The summed E-state index contributed by atoms with van der Waals surface area (Å²) in [5.41, 5.74) is 3.40. The number of hydrogen-bond acceptors (Lipinski definition) is 3. The van der Waals surface area contributed by atoms with Crippen molar-refractivity contribution in [1.29, 1.82) is 5.26 Å². The van der Waals surface area contributed by atoms with E-state index in [9.17, 15) is 10.1 Å². The van der Waals surface area contributed by atoms with E-state index in [1.807, 2.05) is 17.0 Å². The molecule has 2 aromatic rings. The van der Waals surface area contributed by atoms with E-state index in [0.29, 0.717) is 24.2 Å². The Kier molecular flexibility index (Phi) is 4.29.